The molecule has 7 heteroatoms. The van der Waals surface area contributed by atoms with Crippen LogP contribution in [0.5, 0.6) is 5.75 Å². The third kappa shape index (κ3) is 5.39. The molecule has 0 aromatic heterocycles. The van der Waals surface area contributed by atoms with Crippen LogP contribution in [0.4, 0.5) is 11.4 Å². The molecule has 0 aliphatic carbocycles. The fourth-order valence-corrected chi connectivity index (χ4v) is 5.03. The van der Waals surface area contributed by atoms with Crippen LogP contribution in [0.2, 0.25) is 0 Å². The predicted octanol–water partition coefficient (Wildman–Crippen LogP) is 5.38. The first-order chi connectivity index (χ1) is 16.9. The number of thioether (sulfide) groups is 1. The zero-order chi connectivity index (χ0) is 24.9. The molecule has 1 saturated heterocycles. The largest absolute Gasteiger partial charge is 0.497 e. The van der Waals surface area contributed by atoms with Gasteiger partial charge in [-0.05, 0) is 62.2 Å². The summed E-state index contributed by atoms with van der Waals surface area (Å²) in [5.41, 5.74) is 4.18. The second-order valence-corrected chi connectivity index (χ2v) is 9.47. The molecule has 35 heavy (non-hydrogen) atoms. The van der Waals surface area contributed by atoms with E-state index in [1.165, 1.54) is 16.7 Å². The van der Waals surface area contributed by atoms with Crippen LogP contribution >= 0.6 is 11.8 Å². The predicted molar refractivity (Wildman–Crippen MR) is 139 cm³/mol. The maximum Gasteiger partial charge on any atom is 0.269 e. The summed E-state index contributed by atoms with van der Waals surface area (Å²) in [5.74, 6) is 0.0231. The highest BCUT2D eigenvalue weighted by atomic mass is 32.2. The lowest BCUT2D eigenvalue weighted by Crippen LogP contribution is -2.30. The maximum absolute atomic E-state index is 13.6. The van der Waals surface area contributed by atoms with Gasteiger partial charge in [-0.3, -0.25) is 14.5 Å². The summed E-state index contributed by atoms with van der Waals surface area (Å²) in [7, 11) is 1.60. The molecule has 0 radical (unpaired) electrons. The molecule has 1 fully saturated rings. The molecule has 2 amide bonds. The highest BCUT2D eigenvalue weighted by molar-refractivity contribution is 8.05. The Hall–Kier alpha value is -4.02. The van der Waals surface area contributed by atoms with E-state index in [0.717, 1.165) is 22.4 Å². The summed E-state index contributed by atoms with van der Waals surface area (Å²) in [4.78, 5) is 28.2. The van der Waals surface area contributed by atoms with Crippen molar-refractivity contribution in [3.05, 3.63) is 100 Å². The van der Waals surface area contributed by atoms with E-state index in [9.17, 15) is 14.9 Å². The number of nitrogens with one attached hydrogen (secondary N) is 1. The van der Waals surface area contributed by atoms with E-state index in [0.29, 0.717) is 22.8 Å². The van der Waals surface area contributed by atoms with Crippen LogP contribution in [0.25, 0.3) is 0 Å². The number of ether oxygens (including phenoxy) is 1. The van der Waals surface area contributed by atoms with Crippen molar-refractivity contribution in [2.75, 3.05) is 17.3 Å². The molecule has 1 N–H and O–H groups in total. The molecule has 6 nitrogen and oxygen atoms in total. The summed E-state index contributed by atoms with van der Waals surface area (Å²) in [6.45, 7) is 3.92. The van der Waals surface area contributed by atoms with Gasteiger partial charge in [0.2, 0.25) is 5.91 Å². The lowest BCUT2D eigenvalue weighted by atomic mass is 10.1. The van der Waals surface area contributed by atoms with Gasteiger partial charge in [-0.25, -0.2) is 0 Å². The Morgan fingerprint density at radius 2 is 1.60 bits per heavy atom. The van der Waals surface area contributed by atoms with Crippen molar-refractivity contribution >= 4 is 35.0 Å². The van der Waals surface area contributed by atoms with Gasteiger partial charge in [-0.1, -0.05) is 59.3 Å². The Kier molecular flexibility index (Phi) is 7.23. The van der Waals surface area contributed by atoms with Crippen LogP contribution < -0.4 is 15.0 Å². The van der Waals surface area contributed by atoms with E-state index < -0.39 is 11.2 Å². The molecule has 1 heterocycles. The van der Waals surface area contributed by atoms with Gasteiger partial charge >= 0.3 is 0 Å². The second-order valence-electron chi connectivity index (χ2n) is 8.28. The maximum atomic E-state index is 13.6. The molecule has 1 unspecified atom stereocenters. The monoisotopic (exact) mass is 483 g/mol. The number of anilines is 2. The van der Waals surface area contributed by atoms with Crippen LogP contribution in [-0.4, -0.2) is 24.2 Å². The first-order valence-electron chi connectivity index (χ1n) is 11.1. The molecule has 0 saturated carbocycles. The highest BCUT2D eigenvalue weighted by Crippen LogP contribution is 2.42. The van der Waals surface area contributed by atoms with Crippen molar-refractivity contribution < 1.29 is 14.3 Å². The fourth-order valence-electron chi connectivity index (χ4n) is 3.72. The third-order valence-electron chi connectivity index (χ3n) is 5.69. The van der Waals surface area contributed by atoms with E-state index in [1.54, 1.807) is 19.2 Å². The number of carbonyl (C=O) groups is 2. The Morgan fingerprint density at radius 1 is 1.00 bits per heavy atom. The minimum Gasteiger partial charge on any atom is -0.497 e. The number of benzene rings is 3. The molecule has 0 spiro atoms. The minimum absolute atomic E-state index is 0.0956. The molecule has 0 bridgehead atoms. The number of rotatable bonds is 6. The molecular formula is C28H25N3O3S. The Morgan fingerprint density at radius 3 is 2.17 bits per heavy atom. The number of amides is 2. The number of methoxy groups -OCH3 is 1. The van der Waals surface area contributed by atoms with E-state index in [-0.39, 0.29) is 11.5 Å². The topological polar surface area (TPSA) is 82.4 Å². The van der Waals surface area contributed by atoms with Crippen molar-refractivity contribution in [2.24, 2.45) is 0 Å². The van der Waals surface area contributed by atoms with Gasteiger partial charge in [0.25, 0.3) is 5.91 Å². The molecule has 3 aromatic rings. The van der Waals surface area contributed by atoms with Gasteiger partial charge in [0.15, 0.2) is 0 Å². The normalized spacial score (nSPS) is 16.6. The van der Waals surface area contributed by atoms with Crippen LogP contribution in [0.1, 0.15) is 16.7 Å². The van der Waals surface area contributed by atoms with Crippen molar-refractivity contribution in [3.8, 4) is 11.8 Å². The van der Waals surface area contributed by atoms with Crippen molar-refractivity contribution in [1.82, 2.24) is 0 Å². The number of hydrogen-bond donors (Lipinski definition) is 1. The minimum atomic E-state index is -0.547. The second kappa shape index (κ2) is 10.5. The Balaban J connectivity index is 1.69. The van der Waals surface area contributed by atoms with Crippen molar-refractivity contribution in [3.63, 3.8) is 0 Å². The summed E-state index contributed by atoms with van der Waals surface area (Å²) >= 11 is 1.25. The quantitative estimate of drug-likeness (QED) is 0.376. The number of nitriles is 1. The first kappa shape index (κ1) is 24.1. The van der Waals surface area contributed by atoms with Gasteiger partial charge in [-0.15, -0.1) is 0 Å². The van der Waals surface area contributed by atoms with Crippen molar-refractivity contribution in [1.29, 1.82) is 5.26 Å². The number of nitrogens with zero attached hydrogens (tertiary/aromatic N) is 2. The first-order valence-corrected chi connectivity index (χ1v) is 12.0. The van der Waals surface area contributed by atoms with E-state index in [1.807, 2.05) is 80.6 Å². The number of carbonyl (C=O) groups excluding carboxylic acids is 2. The van der Waals surface area contributed by atoms with Crippen LogP contribution in [0.3, 0.4) is 0 Å². The lowest BCUT2D eigenvalue weighted by molar-refractivity contribution is -0.117. The Bertz CT molecular complexity index is 1310. The van der Waals surface area contributed by atoms with Crippen LogP contribution in [0.15, 0.2) is 83.4 Å². The molecule has 1 atom stereocenters. The lowest BCUT2D eigenvalue weighted by Gasteiger charge is -2.19. The summed E-state index contributed by atoms with van der Waals surface area (Å²) in [6, 6.07) is 24.4. The van der Waals surface area contributed by atoms with Gasteiger partial charge in [0.05, 0.1) is 12.4 Å². The van der Waals surface area contributed by atoms with E-state index in [2.05, 4.69) is 5.32 Å². The van der Waals surface area contributed by atoms with E-state index >= 15 is 0 Å². The summed E-state index contributed by atoms with van der Waals surface area (Å²) in [5, 5.41) is 12.6. The number of aryl methyl sites for hydroxylation is 2. The molecule has 1 aliphatic rings. The SMILES string of the molecule is COc1ccc(CC2SC(=C(C#N)C(=O)Nc3ccc(C)cc3)N(c3ccc(C)cc3)C2=O)cc1. The third-order valence-corrected chi connectivity index (χ3v) is 6.95. The average molecular weight is 484 g/mol. The van der Waals surface area contributed by atoms with Gasteiger partial charge in [-0.2, -0.15) is 5.26 Å². The summed E-state index contributed by atoms with van der Waals surface area (Å²) < 4.78 is 5.22. The van der Waals surface area contributed by atoms with E-state index in [4.69, 9.17) is 4.74 Å². The van der Waals surface area contributed by atoms with Gasteiger partial charge in [0.1, 0.15) is 22.4 Å². The highest BCUT2D eigenvalue weighted by Gasteiger charge is 2.40. The fraction of sp³-hybridized carbons (Fsp3) is 0.179. The van der Waals surface area contributed by atoms with Crippen LogP contribution in [-0.2, 0) is 16.0 Å². The molecule has 176 valence electrons. The molecule has 4 rings (SSSR count). The number of hydrogen-bond acceptors (Lipinski definition) is 5. The standard InChI is InChI=1S/C28H25N3O3S/c1-18-4-10-21(11-5-18)30-26(32)24(17-29)28-31(22-12-6-19(2)7-13-22)27(33)25(35-28)16-20-8-14-23(34-3)15-9-20/h4-15,25H,16H2,1-3H3,(H,30,32). The zero-order valence-corrected chi connectivity index (χ0v) is 20.6. The van der Waals surface area contributed by atoms with Gasteiger partial charge < -0.3 is 10.1 Å². The van der Waals surface area contributed by atoms with Gasteiger partial charge in [0, 0.05) is 11.4 Å². The zero-order valence-electron chi connectivity index (χ0n) is 19.7. The average Bonchev–Trinajstić information content (AvgIpc) is 3.17. The molecule has 1 aliphatic heterocycles. The van der Waals surface area contributed by atoms with Crippen molar-refractivity contribution in [2.45, 2.75) is 25.5 Å². The summed E-state index contributed by atoms with van der Waals surface area (Å²) in [6.07, 6.45) is 0.456. The smallest absolute Gasteiger partial charge is 0.269 e. The molecular weight excluding hydrogens is 458 g/mol. The Labute approximate surface area is 209 Å². The van der Waals surface area contributed by atoms with Crippen LogP contribution in [0, 0.1) is 25.2 Å². The molecule has 3 aromatic carbocycles.